The topological polar surface area (TPSA) is 77.0 Å². The van der Waals surface area contributed by atoms with Gasteiger partial charge in [0.15, 0.2) is 17.5 Å². The fraction of sp³-hybridized carbons (Fsp3) is 0.0238. The lowest BCUT2D eigenvalue weighted by Crippen LogP contribution is -2.20. The molecule has 0 saturated heterocycles. The molecule has 6 nitrogen and oxygen atoms in total. The van der Waals surface area contributed by atoms with E-state index in [0.29, 0.717) is 17.5 Å². The molecule has 0 spiro atoms. The molecule has 0 fully saturated rings. The van der Waals surface area contributed by atoms with Crippen molar-refractivity contribution >= 4 is 49.8 Å². The monoisotopic (exact) mass is 618 g/mol. The summed E-state index contributed by atoms with van der Waals surface area (Å²) in [6.07, 6.45) is 3.97. The maximum atomic E-state index is 6.39. The number of rotatable bonds is 4. The van der Waals surface area contributed by atoms with Crippen molar-refractivity contribution in [3.63, 3.8) is 0 Å². The van der Waals surface area contributed by atoms with E-state index in [-0.39, 0.29) is 6.04 Å². The van der Waals surface area contributed by atoms with E-state index >= 15 is 0 Å². The van der Waals surface area contributed by atoms with Crippen LogP contribution in [0.3, 0.4) is 0 Å². The van der Waals surface area contributed by atoms with Gasteiger partial charge in [-0.2, -0.15) is 0 Å². The van der Waals surface area contributed by atoms with Crippen molar-refractivity contribution < 1.29 is 8.83 Å². The van der Waals surface area contributed by atoms with Crippen molar-refractivity contribution in [1.82, 2.24) is 20.3 Å². The van der Waals surface area contributed by atoms with Crippen molar-refractivity contribution in [2.24, 2.45) is 0 Å². The summed E-state index contributed by atoms with van der Waals surface area (Å²) in [5.74, 6) is 2.67. The first kappa shape index (κ1) is 26.7. The third-order valence-electron chi connectivity index (χ3n) is 9.20. The van der Waals surface area contributed by atoms with Crippen LogP contribution < -0.4 is 5.32 Å². The van der Waals surface area contributed by atoms with Crippen LogP contribution in [0.5, 0.6) is 0 Å². The molecule has 1 N–H and O–H groups in total. The molecule has 6 aromatic carbocycles. The maximum Gasteiger partial charge on any atom is 0.164 e. The first-order valence-electron chi connectivity index (χ1n) is 16.0. The molecule has 6 heteroatoms. The first-order chi connectivity index (χ1) is 23.8. The van der Waals surface area contributed by atoms with Crippen LogP contribution in [-0.4, -0.2) is 15.0 Å². The summed E-state index contributed by atoms with van der Waals surface area (Å²) in [6.45, 7) is 0. The van der Waals surface area contributed by atoms with Crippen molar-refractivity contribution in [2.75, 3.05) is 0 Å². The zero-order chi connectivity index (χ0) is 31.6. The Labute approximate surface area is 275 Å². The van der Waals surface area contributed by atoms with Crippen LogP contribution in [0.1, 0.15) is 22.9 Å². The second-order valence-electron chi connectivity index (χ2n) is 12.1. The molecule has 9 aromatic rings. The summed E-state index contributed by atoms with van der Waals surface area (Å²) in [5, 5.41) is 9.06. The maximum absolute atomic E-state index is 6.39. The number of nitrogens with one attached hydrogen (secondary N) is 1. The minimum atomic E-state index is -0.117. The average Bonchev–Trinajstić information content (AvgIpc) is 3.72. The van der Waals surface area contributed by atoms with Crippen molar-refractivity contribution in [3.8, 4) is 34.2 Å². The highest BCUT2D eigenvalue weighted by molar-refractivity contribution is 6.11. The molecule has 3 aromatic heterocycles. The molecule has 48 heavy (non-hydrogen) atoms. The molecule has 0 radical (unpaired) electrons. The summed E-state index contributed by atoms with van der Waals surface area (Å²) in [4.78, 5) is 15.2. The second-order valence-corrected chi connectivity index (χ2v) is 12.1. The number of aromatic nitrogens is 3. The number of para-hydroxylation sites is 1. The van der Waals surface area contributed by atoms with Gasteiger partial charge in [-0.3, -0.25) is 0 Å². The molecule has 226 valence electrons. The number of benzene rings is 6. The minimum absolute atomic E-state index is 0.117. The van der Waals surface area contributed by atoms with Gasteiger partial charge in [-0.25, -0.2) is 15.0 Å². The van der Waals surface area contributed by atoms with Gasteiger partial charge in [-0.05, 0) is 52.7 Å². The van der Waals surface area contributed by atoms with Crippen LogP contribution in [0.2, 0.25) is 0 Å². The molecule has 1 atom stereocenters. The summed E-state index contributed by atoms with van der Waals surface area (Å²) in [7, 11) is 0. The molecule has 1 aliphatic rings. The highest BCUT2D eigenvalue weighted by Crippen LogP contribution is 2.40. The lowest BCUT2D eigenvalue weighted by molar-refractivity contribution is 0.581. The molecule has 10 rings (SSSR count). The van der Waals surface area contributed by atoms with Gasteiger partial charge < -0.3 is 14.2 Å². The van der Waals surface area contributed by atoms with E-state index in [1.165, 1.54) is 5.39 Å². The highest BCUT2D eigenvalue weighted by atomic mass is 16.3. The summed E-state index contributed by atoms with van der Waals surface area (Å²) in [5.41, 5.74) is 7.43. The fourth-order valence-corrected chi connectivity index (χ4v) is 6.97. The predicted octanol–water partition coefficient (Wildman–Crippen LogP) is 10.3. The minimum Gasteiger partial charge on any atom is -0.456 e. The molecular weight excluding hydrogens is 592 g/mol. The molecular formula is C42H26N4O2. The van der Waals surface area contributed by atoms with E-state index < -0.39 is 0 Å². The van der Waals surface area contributed by atoms with Gasteiger partial charge >= 0.3 is 0 Å². The number of hydrogen-bond donors (Lipinski definition) is 1. The third kappa shape index (κ3) is 4.23. The van der Waals surface area contributed by atoms with Gasteiger partial charge in [0.05, 0.1) is 6.04 Å². The zero-order valence-corrected chi connectivity index (χ0v) is 25.6. The van der Waals surface area contributed by atoms with Crippen molar-refractivity contribution in [1.29, 1.82) is 0 Å². The number of fused-ring (bicyclic) bond motifs is 7. The highest BCUT2D eigenvalue weighted by Gasteiger charge is 2.26. The quantitative estimate of drug-likeness (QED) is 0.211. The van der Waals surface area contributed by atoms with E-state index in [1.54, 1.807) is 0 Å². The Morgan fingerprint density at radius 1 is 0.521 bits per heavy atom. The summed E-state index contributed by atoms with van der Waals surface area (Å²) in [6, 6.07) is 45.3. The Morgan fingerprint density at radius 3 is 2.12 bits per heavy atom. The van der Waals surface area contributed by atoms with Crippen LogP contribution in [0, 0.1) is 0 Å². The van der Waals surface area contributed by atoms with Gasteiger partial charge in [0.25, 0.3) is 0 Å². The fourth-order valence-electron chi connectivity index (χ4n) is 6.97. The lowest BCUT2D eigenvalue weighted by Gasteiger charge is -2.22. The smallest absolute Gasteiger partial charge is 0.164 e. The predicted molar refractivity (Wildman–Crippen MR) is 191 cm³/mol. The summed E-state index contributed by atoms with van der Waals surface area (Å²) < 4.78 is 12.6. The van der Waals surface area contributed by atoms with Crippen molar-refractivity contribution in [3.05, 3.63) is 157 Å². The SMILES string of the molecule is C1=Cc2oc3cc4ccccc4cc3c2C(c2cccc(-c3nc(-c4ccccc4)nc(-c4cccc5oc6ccccc6c45)n3)c2)N1. The molecule has 0 bridgehead atoms. The Morgan fingerprint density at radius 2 is 1.23 bits per heavy atom. The molecule has 0 saturated carbocycles. The molecule has 1 aliphatic heterocycles. The molecule has 4 heterocycles. The number of nitrogens with zero attached hydrogens (tertiary/aromatic N) is 3. The van der Waals surface area contributed by atoms with Gasteiger partial charge in [-0.15, -0.1) is 0 Å². The van der Waals surface area contributed by atoms with Gasteiger partial charge in [0.2, 0.25) is 0 Å². The standard InChI is InChI=1S/C42H26N4O2/c1-2-10-25(11-3-1)40-44-41(46-42(45-40)31-17-9-19-34-37(31)30-16-6-7-18-33(30)47-34)29-15-8-14-28(22-29)39-38-32-23-26-12-4-5-13-27(26)24-36(32)48-35(38)20-21-43-39/h1-24,39,43H. The Kier molecular flexibility index (Phi) is 5.84. The first-order valence-corrected chi connectivity index (χ1v) is 16.0. The van der Waals surface area contributed by atoms with E-state index in [4.69, 9.17) is 23.8 Å². The second kappa shape index (κ2) is 10.5. The Balaban J connectivity index is 1.14. The Bertz CT molecular complexity index is 2720. The van der Waals surface area contributed by atoms with Crippen LogP contribution in [0.25, 0.3) is 83.9 Å². The van der Waals surface area contributed by atoms with Gasteiger partial charge in [0.1, 0.15) is 22.5 Å². The zero-order valence-electron chi connectivity index (χ0n) is 25.6. The normalized spacial score (nSPS) is 14.1. The van der Waals surface area contributed by atoms with Crippen molar-refractivity contribution in [2.45, 2.75) is 6.04 Å². The lowest BCUT2D eigenvalue weighted by atomic mass is 9.92. The molecule has 0 amide bonds. The number of hydrogen-bond acceptors (Lipinski definition) is 6. The van der Waals surface area contributed by atoms with E-state index in [9.17, 15) is 0 Å². The van der Waals surface area contributed by atoms with Crippen LogP contribution in [-0.2, 0) is 0 Å². The van der Waals surface area contributed by atoms with Crippen LogP contribution in [0.15, 0.2) is 148 Å². The Hall–Kier alpha value is -6.53. The average molecular weight is 619 g/mol. The van der Waals surface area contributed by atoms with Crippen LogP contribution >= 0.6 is 0 Å². The van der Waals surface area contributed by atoms with Gasteiger partial charge in [0, 0.05) is 44.6 Å². The molecule has 0 aliphatic carbocycles. The third-order valence-corrected chi connectivity index (χ3v) is 9.20. The van der Waals surface area contributed by atoms with E-state index in [0.717, 1.165) is 71.9 Å². The largest absolute Gasteiger partial charge is 0.456 e. The van der Waals surface area contributed by atoms with Gasteiger partial charge in [-0.1, -0.05) is 103 Å². The molecule has 1 unspecified atom stereocenters. The van der Waals surface area contributed by atoms with E-state index in [2.05, 4.69) is 78.1 Å². The summed E-state index contributed by atoms with van der Waals surface area (Å²) >= 11 is 0. The number of furan rings is 2. The van der Waals surface area contributed by atoms with E-state index in [1.807, 2.05) is 72.9 Å². The van der Waals surface area contributed by atoms with Crippen LogP contribution in [0.4, 0.5) is 0 Å².